The Morgan fingerprint density at radius 1 is 1.21 bits per heavy atom. The second kappa shape index (κ2) is 11.6. The van der Waals surface area contributed by atoms with Crippen molar-refractivity contribution in [1.29, 1.82) is 0 Å². The van der Waals surface area contributed by atoms with Crippen LogP contribution in [0.25, 0.3) is 11.0 Å². The Morgan fingerprint density at radius 3 is 2.71 bits per heavy atom. The van der Waals surface area contributed by atoms with Crippen LogP contribution >= 0.6 is 0 Å². The number of aromatic nitrogens is 4. The van der Waals surface area contributed by atoms with E-state index in [-0.39, 0.29) is 47.1 Å². The van der Waals surface area contributed by atoms with E-state index in [4.69, 9.17) is 9.47 Å². The Hall–Kier alpha value is -4.17. The van der Waals surface area contributed by atoms with Gasteiger partial charge in [0.05, 0.1) is 13.0 Å². The molecule has 14 heteroatoms. The smallest absolute Gasteiger partial charge is 0.387 e. The highest BCUT2D eigenvalue weighted by atomic mass is 32.2. The molecule has 4 aromatic rings. The zero-order valence-corrected chi connectivity index (χ0v) is 23.9. The van der Waals surface area contributed by atoms with Crippen LogP contribution in [0.1, 0.15) is 47.9 Å². The van der Waals surface area contributed by atoms with Gasteiger partial charge < -0.3 is 14.6 Å². The molecule has 3 heterocycles. The van der Waals surface area contributed by atoms with E-state index in [1.54, 1.807) is 24.3 Å². The normalized spacial score (nSPS) is 17.4. The van der Waals surface area contributed by atoms with Crippen molar-refractivity contribution >= 4 is 27.0 Å². The van der Waals surface area contributed by atoms with Gasteiger partial charge in [0, 0.05) is 25.7 Å². The van der Waals surface area contributed by atoms with Crippen LogP contribution < -0.4 is 9.47 Å². The van der Waals surface area contributed by atoms with Crippen molar-refractivity contribution in [3.8, 4) is 11.6 Å². The number of carboxylic acid groups (broad SMARTS) is 1. The summed E-state index contributed by atoms with van der Waals surface area (Å²) in [7, 11) is -2.44. The molecule has 5 rings (SSSR count). The molecule has 0 saturated heterocycles. The molecule has 2 atom stereocenters. The van der Waals surface area contributed by atoms with Crippen molar-refractivity contribution in [2.45, 2.75) is 56.8 Å². The van der Waals surface area contributed by atoms with Gasteiger partial charge in [0.1, 0.15) is 22.0 Å². The van der Waals surface area contributed by atoms with Crippen LogP contribution in [0.3, 0.4) is 0 Å². The van der Waals surface area contributed by atoms with Gasteiger partial charge in [-0.3, -0.25) is 4.79 Å². The van der Waals surface area contributed by atoms with Crippen LogP contribution in [-0.4, -0.2) is 63.0 Å². The highest BCUT2D eigenvalue weighted by Crippen LogP contribution is 2.37. The average Bonchev–Trinajstić information content (AvgIpc) is 3.27. The van der Waals surface area contributed by atoms with Gasteiger partial charge in [-0.05, 0) is 59.9 Å². The van der Waals surface area contributed by atoms with Gasteiger partial charge >= 0.3 is 12.6 Å². The third kappa shape index (κ3) is 5.77. The number of alkyl halides is 2. The van der Waals surface area contributed by atoms with Gasteiger partial charge in [-0.1, -0.05) is 30.3 Å². The van der Waals surface area contributed by atoms with E-state index in [1.165, 1.54) is 40.4 Å². The molecular formula is C28H29F2N5O6S. The molecule has 0 amide bonds. The standard InChI is InChI=1S/C28H29F2N5O6S/c1-4-20-15-35(42(38,39)24-6-5-9-31-27(24)40-20)14-19-10-17(8-7-16(19)2)21(13-25(36)37)18-11-22-26(34(3)33-32-22)23(12-18)41-28(29)30/h5-12,20-21,28H,4,13-15H2,1-3H3,(H,36,37)/t20-,21-/m1/s1. The van der Waals surface area contributed by atoms with Gasteiger partial charge in [0.25, 0.3) is 0 Å². The first kappa shape index (κ1) is 29.3. The molecule has 222 valence electrons. The van der Waals surface area contributed by atoms with Gasteiger partial charge in [-0.15, -0.1) is 5.10 Å². The SMILES string of the molecule is CC[C@@H]1CN(Cc2cc([C@@H](CC(=O)O)c3cc(OC(F)F)c4c(c3)nnn4C)ccc2C)S(=O)(=O)c2cccnc2O1. The lowest BCUT2D eigenvalue weighted by Gasteiger charge is -2.24. The molecule has 1 aliphatic rings. The van der Waals surface area contributed by atoms with Crippen molar-refractivity contribution in [1.82, 2.24) is 24.3 Å². The molecule has 1 aliphatic heterocycles. The van der Waals surface area contributed by atoms with Crippen molar-refractivity contribution < 1.29 is 36.6 Å². The Labute approximate surface area is 240 Å². The van der Waals surface area contributed by atoms with Gasteiger partial charge in [-0.25, -0.2) is 18.1 Å². The van der Waals surface area contributed by atoms with E-state index < -0.39 is 34.6 Å². The van der Waals surface area contributed by atoms with Crippen LogP contribution in [-0.2, 0) is 28.4 Å². The number of carbonyl (C=O) groups is 1. The van der Waals surface area contributed by atoms with E-state index in [1.807, 2.05) is 13.8 Å². The number of nitrogens with zero attached hydrogens (tertiary/aromatic N) is 5. The fourth-order valence-electron chi connectivity index (χ4n) is 5.12. The molecule has 0 unspecified atom stereocenters. The maximum atomic E-state index is 13.7. The predicted molar refractivity (Wildman–Crippen MR) is 147 cm³/mol. The largest absolute Gasteiger partial charge is 0.481 e. The first-order chi connectivity index (χ1) is 20.0. The van der Waals surface area contributed by atoms with Crippen LogP contribution in [0.2, 0.25) is 0 Å². The molecule has 2 aromatic heterocycles. The monoisotopic (exact) mass is 601 g/mol. The highest BCUT2D eigenvalue weighted by Gasteiger charge is 2.35. The van der Waals surface area contributed by atoms with Crippen molar-refractivity contribution in [3.05, 3.63) is 70.9 Å². The average molecular weight is 602 g/mol. The van der Waals surface area contributed by atoms with Gasteiger partial charge in [-0.2, -0.15) is 13.1 Å². The first-order valence-corrected chi connectivity index (χ1v) is 14.6. The number of halogens is 2. The molecule has 0 fully saturated rings. The number of rotatable bonds is 9. The van der Waals surface area contributed by atoms with Crippen molar-refractivity contribution in [3.63, 3.8) is 0 Å². The molecule has 2 aromatic carbocycles. The Balaban J connectivity index is 1.57. The second-order valence-electron chi connectivity index (χ2n) is 10.1. The molecule has 11 nitrogen and oxygen atoms in total. The van der Waals surface area contributed by atoms with Crippen LogP contribution in [0.15, 0.2) is 53.6 Å². The molecule has 0 aliphatic carbocycles. The third-order valence-electron chi connectivity index (χ3n) is 7.30. The maximum Gasteiger partial charge on any atom is 0.387 e. The molecule has 0 spiro atoms. The number of pyridine rings is 1. The maximum absolute atomic E-state index is 13.7. The van der Waals surface area contributed by atoms with E-state index in [9.17, 15) is 27.1 Å². The van der Waals surface area contributed by atoms with Gasteiger partial charge in [0.15, 0.2) is 5.75 Å². The van der Waals surface area contributed by atoms with Gasteiger partial charge in [0.2, 0.25) is 15.9 Å². The minimum absolute atomic E-state index is 0.00106. The summed E-state index contributed by atoms with van der Waals surface area (Å²) < 4.78 is 67.2. The summed E-state index contributed by atoms with van der Waals surface area (Å²) in [5, 5.41) is 17.7. The third-order valence-corrected chi connectivity index (χ3v) is 9.13. The number of ether oxygens (including phenoxy) is 2. The predicted octanol–water partition coefficient (Wildman–Crippen LogP) is 4.24. The van der Waals surface area contributed by atoms with Crippen molar-refractivity contribution in [2.24, 2.45) is 7.05 Å². The van der Waals surface area contributed by atoms with Crippen molar-refractivity contribution in [2.75, 3.05) is 6.54 Å². The lowest BCUT2D eigenvalue weighted by atomic mass is 9.86. The van der Waals surface area contributed by atoms with E-state index in [0.29, 0.717) is 23.1 Å². The fraction of sp³-hybridized carbons (Fsp3) is 0.357. The fourth-order valence-corrected chi connectivity index (χ4v) is 6.64. The Bertz CT molecular complexity index is 1750. The molecular weight excluding hydrogens is 572 g/mol. The van der Waals surface area contributed by atoms with E-state index in [0.717, 1.165) is 5.56 Å². The number of sulfonamides is 1. The second-order valence-corrected chi connectivity index (χ2v) is 12.0. The number of aliphatic carboxylic acids is 1. The van der Waals surface area contributed by atoms with Crippen LogP contribution in [0, 0.1) is 6.92 Å². The minimum atomic E-state index is -3.97. The molecule has 1 N–H and O–H groups in total. The summed E-state index contributed by atoms with van der Waals surface area (Å²) >= 11 is 0. The number of carboxylic acids is 1. The number of aryl methyl sites for hydroxylation is 2. The lowest BCUT2D eigenvalue weighted by Crippen LogP contribution is -2.36. The minimum Gasteiger partial charge on any atom is -0.481 e. The number of fused-ring (bicyclic) bond motifs is 2. The summed E-state index contributed by atoms with van der Waals surface area (Å²) in [4.78, 5) is 16.1. The summed E-state index contributed by atoms with van der Waals surface area (Å²) in [5.74, 6) is -2.02. The highest BCUT2D eigenvalue weighted by molar-refractivity contribution is 7.89. The topological polar surface area (TPSA) is 137 Å². The number of hydrogen-bond acceptors (Lipinski definition) is 8. The first-order valence-electron chi connectivity index (χ1n) is 13.2. The van der Waals surface area contributed by atoms with Crippen LogP contribution in [0.5, 0.6) is 11.6 Å². The zero-order valence-electron chi connectivity index (χ0n) is 23.1. The zero-order chi connectivity index (χ0) is 30.2. The molecule has 0 radical (unpaired) electrons. The Morgan fingerprint density at radius 2 is 2.00 bits per heavy atom. The van der Waals surface area contributed by atoms with Crippen LogP contribution in [0.4, 0.5) is 8.78 Å². The molecule has 42 heavy (non-hydrogen) atoms. The number of benzene rings is 2. The lowest BCUT2D eigenvalue weighted by molar-refractivity contribution is -0.137. The molecule has 0 bridgehead atoms. The van der Waals surface area contributed by atoms with E-state index in [2.05, 4.69) is 15.3 Å². The van der Waals surface area contributed by atoms with E-state index >= 15 is 0 Å². The number of hydrogen-bond donors (Lipinski definition) is 1. The summed E-state index contributed by atoms with van der Waals surface area (Å²) in [6, 6.07) is 11.2. The quantitative estimate of drug-likeness (QED) is 0.299. The summed E-state index contributed by atoms with van der Waals surface area (Å²) in [6.07, 6.45) is 1.24. The molecule has 0 saturated carbocycles. The summed E-state index contributed by atoms with van der Waals surface area (Å²) in [6.45, 7) is 0.702. The Kier molecular flexibility index (Phi) is 8.10. The summed E-state index contributed by atoms with van der Waals surface area (Å²) in [5.41, 5.74) is 2.89.